The minimum atomic E-state index is -0.229. The molecule has 0 aromatic carbocycles. The lowest BCUT2D eigenvalue weighted by Crippen LogP contribution is -2.55. The van der Waals surface area contributed by atoms with Gasteiger partial charge in [0.05, 0.1) is 6.61 Å². The maximum atomic E-state index is 12.5. The third-order valence-corrected chi connectivity index (χ3v) is 5.29. The second-order valence-corrected chi connectivity index (χ2v) is 7.52. The first-order valence-corrected chi connectivity index (χ1v) is 11.2. The summed E-state index contributed by atoms with van der Waals surface area (Å²) in [5.74, 6) is 0.979. The molecule has 1 atom stereocenters. The van der Waals surface area contributed by atoms with Crippen LogP contribution in [0.4, 0.5) is 0 Å². The van der Waals surface area contributed by atoms with Crippen molar-refractivity contribution in [1.82, 2.24) is 15.1 Å². The van der Waals surface area contributed by atoms with E-state index in [1.54, 1.807) is 0 Å². The molecule has 2 fully saturated rings. The Balaban J connectivity index is 1.66. The van der Waals surface area contributed by atoms with Gasteiger partial charge in [-0.2, -0.15) is 0 Å². The lowest BCUT2D eigenvalue weighted by Gasteiger charge is -2.37. The molecule has 0 radical (unpaired) electrons. The van der Waals surface area contributed by atoms with Crippen LogP contribution >= 0.6 is 0 Å². The molecule has 8 nitrogen and oxygen atoms in total. The van der Waals surface area contributed by atoms with E-state index in [4.69, 9.17) is 14.5 Å². The topological polar surface area (TPSA) is 83.5 Å². The summed E-state index contributed by atoms with van der Waals surface area (Å²) in [6, 6.07) is 0. The zero-order chi connectivity index (χ0) is 20.9. The van der Waals surface area contributed by atoms with Gasteiger partial charge in [0.1, 0.15) is 6.10 Å². The summed E-state index contributed by atoms with van der Waals surface area (Å²) in [6.45, 7) is 9.70. The summed E-state index contributed by atoms with van der Waals surface area (Å²) in [6.07, 6.45) is 6.08. The van der Waals surface area contributed by atoms with Crippen LogP contribution in [0.3, 0.4) is 0 Å². The molecule has 2 aliphatic heterocycles. The molecule has 0 bridgehead atoms. The molecular weight excluding hydrogens is 372 g/mol. The van der Waals surface area contributed by atoms with E-state index in [0.29, 0.717) is 19.6 Å². The van der Waals surface area contributed by atoms with Gasteiger partial charge in [-0.1, -0.05) is 12.8 Å². The molecule has 1 unspecified atom stereocenters. The number of aliphatic imine (C=N–C) groups is 1. The Hall–Kier alpha value is -1.83. The van der Waals surface area contributed by atoms with Crippen molar-refractivity contribution in [2.24, 2.45) is 4.99 Å². The van der Waals surface area contributed by atoms with Crippen molar-refractivity contribution < 1.29 is 19.1 Å². The quantitative estimate of drug-likeness (QED) is 0.256. The molecule has 166 valence electrons. The summed E-state index contributed by atoms with van der Waals surface area (Å²) in [5.41, 5.74) is 0. The number of guanidine groups is 1. The zero-order valence-electron chi connectivity index (χ0n) is 18.2. The van der Waals surface area contributed by atoms with Gasteiger partial charge in [0, 0.05) is 52.3 Å². The Kier molecular flexibility index (Phi) is 10.8. The van der Waals surface area contributed by atoms with E-state index >= 15 is 0 Å². The Morgan fingerprint density at radius 3 is 2.45 bits per heavy atom. The maximum absolute atomic E-state index is 12.5. The number of hydrogen-bond donors (Lipinski definition) is 1. The van der Waals surface area contributed by atoms with Crippen molar-refractivity contribution in [3.8, 4) is 0 Å². The highest BCUT2D eigenvalue weighted by Gasteiger charge is 2.30. The number of amides is 1. The van der Waals surface area contributed by atoms with Crippen LogP contribution < -0.4 is 5.32 Å². The van der Waals surface area contributed by atoms with Crippen LogP contribution in [0, 0.1) is 0 Å². The number of hydrogen-bond acceptors (Lipinski definition) is 5. The third kappa shape index (κ3) is 8.20. The first kappa shape index (κ1) is 23.4. The van der Waals surface area contributed by atoms with Crippen LogP contribution in [0.2, 0.25) is 0 Å². The monoisotopic (exact) mass is 410 g/mol. The van der Waals surface area contributed by atoms with Crippen LogP contribution in [-0.2, 0) is 19.1 Å². The van der Waals surface area contributed by atoms with E-state index in [2.05, 4.69) is 17.1 Å². The van der Waals surface area contributed by atoms with Crippen molar-refractivity contribution >= 4 is 17.8 Å². The SMILES string of the molecule is CCNC(=NCCCCCCC(=O)OCC)N1CCN(C(=O)C2CCCO2)CC1. The van der Waals surface area contributed by atoms with Gasteiger partial charge in [0.25, 0.3) is 5.91 Å². The predicted molar refractivity (Wildman–Crippen MR) is 113 cm³/mol. The van der Waals surface area contributed by atoms with Crippen molar-refractivity contribution in [3.63, 3.8) is 0 Å². The molecule has 1 N–H and O–H groups in total. The average Bonchev–Trinajstić information content (AvgIpc) is 3.27. The molecule has 0 saturated carbocycles. The molecule has 2 aliphatic rings. The third-order valence-electron chi connectivity index (χ3n) is 5.29. The van der Waals surface area contributed by atoms with Gasteiger partial charge in [0.15, 0.2) is 5.96 Å². The molecule has 0 aliphatic carbocycles. The second-order valence-electron chi connectivity index (χ2n) is 7.52. The number of esters is 1. The fourth-order valence-corrected chi connectivity index (χ4v) is 3.69. The minimum absolute atomic E-state index is 0.0999. The largest absolute Gasteiger partial charge is 0.466 e. The average molecular weight is 411 g/mol. The molecule has 1 amide bonds. The van der Waals surface area contributed by atoms with Crippen molar-refractivity contribution in [2.45, 2.75) is 64.9 Å². The fraction of sp³-hybridized carbons (Fsp3) is 0.857. The Morgan fingerprint density at radius 2 is 1.79 bits per heavy atom. The van der Waals surface area contributed by atoms with Gasteiger partial charge in [-0.15, -0.1) is 0 Å². The van der Waals surface area contributed by atoms with Crippen LogP contribution in [0.25, 0.3) is 0 Å². The molecule has 2 rings (SSSR count). The van der Waals surface area contributed by atoms with Gasteiger partial charge in [-0.25, -0.2) is 0 Å². The molecule has 8 heteroatoms. The molecule has 0 aromatic rings. The van der Waals surface area contributed by atoms with Crippen LogP contribution in [0.5, 0.6) is 0 Å². The van der Waals surface area contributed by atoms with E-state index in [1.807, 2.05) is 11.8 Å². The van der Waals surface area contributed by atoms with E-state index in [1.165, 1.54) is 0 Å². The summed E-state index contributed by atoms with van der Waals surface area (Å²) in [7, 11) is 0. The molecule has 2 saturated heterocycles. The molecule has 0 aromatic heterocycles. The molecule has 0 spiro atoms. The number of unbranched alkanes of at least 4 members (excludes halogenated alkanes) is 3. The van der Waals surface area contributed by atoms with Crippen molar-refractivity contribution in [2.75, 3.05) is 52.5 Å². The van der Waals surface area contributed by atoms with Crippen LogP contribution in [0.15, 0.2) is 4.99 Å². The van der Waals surface area contributed by atoms with Crippen molar-refractivity contribution in [1.29, 1.82) is 0 Å². The lowest BCUT2D eigenvalue weighted by molar-refractivity contribution is -0.143. The summed E-state index contributed by atoms with van der Waals surface area (Å²) in [5, 5.41) is 3.37. The molecule has 2 heterocycles. The number of nitrogens with one attached hydrogen (secondary N) is 1. The van der Waals surface area contributed by atoms with Crippen LogP contribution in [-0.4, -0.2) is 86.2 Å². The van der Waals surface area contributed by atoms with Gasteiger partial charge in [-0.3, -0.25) is 14.6 Å². The fourth-order valence-electron chi connectivity index (χ4n) is 3.69. The smallest absolute Gasteiger partial charge is 0.305 e. The normalized spacial score (nSPS) is 20.1. The molecular formula is C21H38N4O4. The van der Waals surface area contributed by atoms with E-state index in [9.17, 15) is 9.59 Å². The second kappa shape index (κ2) is 13.4. The minimum Gasteiger partial charge on any atom is -0.466 e. The van der Waals surface area contributed by atoms with Gasteiger partial charge >= 0.3 is 5.97 Å². The number of piperazine rings is 1. The van der Waals surface area contributed by atoms with Gasteiger partial charge in [-0.05, 0) is 39.5 Å². The summed E-state index contributed by atoms with van der Waals surface area (Å²) >= 11 is 0. The predicted octanol–water partition coefficient (Wildman–Crippen LogP) is 1.79. The van der Waals surface area contributed by atoms with E-state index in [-0.39, 0.29) is 18.0 Å². The number of carbonyl (C=O) groups is 2. The number of nitrogens with zero attached hydrogens (tertiary/aromatic N) is 3. The summed E-state index contributed by atoms with van der Waals surface area (Å²) < 4.78 is 10.5. The summed E-state index contributed by atoms with van der Waals surface area (Å²) in [4.78, 5) is 32.7. The van der Waals surface area contributed by atoms with Crippen LogP contribution in [0.1, 0.15) is 58.8 Å². The Morgan fingerprint density at radius 1 is 1.07 bits per heavy atom. The lowest BCUT2D eigenvalue weighted by atomic mass is 10.1. The van der Waals surface area contributed by atoms with Crippen molar-refractivity contribution in [3.05, 3.63) is 0 Å². The zero-order valence-corrected chi connectivity index (χ0v) is 18.2. The first-order valence-electron chi connectivity index (χ1n) is 11.2. The highest BCUT2D eigenvalue weighted by molar-refractivity contribution is 5.82. The Labute approximate surface area is 175 Å². The Bertz CT molecular complexity index is 527. The van der Waals surface area contributed by atoms with E-state index in [0.717, 1.165) is 83.8 Å². The van der Waals surface area contributed by atoms with E-state index < -0.39 is 0 Å². The maximum Gasteiger partial charge on any atom is 0.305 e. The molecule has 29 heavy (non-hydrogen) atoms. The van der Waals surface area contributed by atoms with Gasteiger partial charge < -0.3 is 24.6 Å². The number of carbonyl (C=O) groups excluding carboxylic acids is 2. The number of ether oxygens (including phenoxy) is 2. The standard InChI is InChI=1S/C21H38N4O4/c1-3-22-21(23-12-8-6-5-7-11-19(26)28-4-2)25-15-13-24(14-16-25)20(27)18-10-9-17-29-18/h18H,3-17H2,1-2H3,(H,22,23). The highest BCUT2D eigenvalue weighted by atomic mass is 16.5. The number of rotatable bonds is 10. The first-order chi connectivity index (χ1) is 14.2. The van der Waals surface area contributed by atoms with Gasteiger partial charge in [0.2, 0.25) is 0 Å². The highest BCUT2D eigenvalue weighted by Crippen LogP contribution is 2.16.